The van der Waals surface area contributed by atoms with E-state index in [1.165, 1.54) is 0 Å². The summed E-state index contributed by atoms with van der Waals surface area (Å²) >= 11 is 1.57. The van der Waals surface area contributed by atoms with Gasteiger partial charge in [-0.25, -0.2) is 4.98 Å². The molecular weight excluding hydrogens is 320 g/mol. The summed E-state index contributed by atoms with van der Waals surface area (Å²) in [5.41, 5.74) is 2.25. The Labute approximate surface area is 144 Å². The normalized spacial score (nSPS) is 10.5. The van der Waals surface area contributed by atoms with Gasteiger partial charge in [0.25, 0.3) is 5.56 Å². The smallest absolute Gasteiger partial charge is 0.250 e. The third-order valence-electron chi connectivity index (χ3n) is 3.57. The molecule has 0 spiro atoms. The molecule has 1 N–H and O–H groups in total. The van der Waals surface area contributed by atoms with Crippen molar-refractivity contribution in [2.24, 2.45) is 0 Å². The Balaban J connectivity index is 1.62. The van der Waals surface area contributed by atoms with Gasteiger partial charge in [0.15, 0.2) is 0 Å². The molecule has 0 saturated heterocycles. The standard InChI is InChI=1S/C18H18N4OS/c1-24-17-12-19-11-16(21-17)20-10-14-5-7-15(8-6-14)13-22-9-3-2-4-18(22)23/h2-9,11-12H,10,13H2,1H3,(H,20,21). The lowest BCUT2D eigenvalue weighted by Crippen LogP contribution is -2.18. The molecule has 1 aromatic carbocycles. The molecule has 0 radical (unpaired) electrons. The van der Waals surface area contributed by atoms with Crippen LogP contribution in [0.1, 0.15) is 11.1 Å². The summed E-state index contributed by atoms with van der Waals surface area (Å²) in [6.07, 6.45) is 7.24. The quantitative estimate of drug-likeness (QED) is 0.700. The first-order valence-corrected chi connectivity index (χ1v) is 8.80. The van der Waals surface area contributed by atoms with Gasteiger partial charge in [-0.1, -0.05) is 30.3 Å². The summed E-state index contributed by atoms with van der Waals surface area (Å²) < 4.78 is 1.69. The van der Waals surface area contributed by atoms with Crippen LogP contribution in [0.15, 0.2) is 70.9 Å². The van der Waals surface area contributed by atoms with E-state index >= 15 is 0 Å². The summed E-state index contributed by atoms with van der Waals surface area (Å²) in [6, 6.07) is 13.4. The van der Waals surface area contributed by atoms with Crippen LogP contribution in [0.5, 0.6) is 0 Å². The first-order chi connectivity index (χ1) is 11.7. The zero-order valence-electron chi connectivity index (χ0n) is 13.3. The highest BCUT2D eigenvalue weighted by Crippen LogP contribution is 2.13. The highest BCUT2D eigenvalue weighted by molar-refractivity contribution is 7.98. The second-order valence-electron chi connectivity index (χ2n) is 5.28. The maximum absolute atomic E-state index is 11.7. The average molecular weight is 338 g/mol. The zero-order chi connectivity index (χ0) is 16.8. The van der Waals surface area contributed by atoms with Crippen molar-refractivity contribution in [2.75, 3.05) is 11.6 Å². The number of nitrogens with zero attached hydrogens (tertiary/aromatic N) is 3. The monoisotopic (exact) mass is 338 g/mol. The van der Waals surface area contributed by atoms with Crippen molar-refractivity contribution in [1.82, 2.24) is 14.5 Å². The minimum absolute atomic E-state index is 0.00972. The number of pyridine rings is 1. The maximum atomic E-state index is 11.7. The summed E-state index contributed by atoms with van der Waals surface area (Å²) in [6.45, 7) is 1.26. The molecule has 2 aromatic heterocycles. The van der Waals surface area contributed by atoms with Crippen molar-refractivity contribution in [3.05, 3.63) is 82.5 Å². The van der Waals surface area contributed by atoms with Gasteiger partial charge in [-0.15, -0.1) is 11.8 Å². The van der Waals surface area contributed by atoms with E-state index < -0.39 is 0 Å². The van der Waals surface area contributed by atoms with Gasteiger partial charge < -0.3 is 9.88 Å². The van der Waals surface area contributed by atoms with E-state index in [4.69, 9.17) is 0 Å². The molecule has 0 unspecified atom stereocenters. The van der Waals surface area contributed by atoms with Crippen LogP contribution < -0.4 is 10.9 Å². The molecule has 0 aliphatic carbocycles. The van der Waals surface area contributed by atoms with Crippen LogP contribution in [0.4, 0.5) is 5.82 Å². The molecule has 122 valence electrons. The topological polar surface area (TPSA) is 59.8 Å². The third kappa shape index (κ3) is 4.23. The number of rotatable bonds is 6. The summed E-state index contributed by atoms with van der Waals surface area (Å²) in [5.74, 6) is 0.766. The Morgan fingerprint density at radius 1 is 1.08 bits per heavy atom. The molecule has 3 rings (SSSR count). The lowest BCUT2D eigenvalue weighted by molar-refractivity contribution is 0.759. The SMILES string of the molecule is CSc1cncc(NCc2ccc(Cn3ccccc3=O)cc2)n1. The number of thioether (sulfide) groups is 1. The molecule has 0 atom stereocenters. The molecule has 6 heteroatoms. The van der Waals surface area contributed by atoms with Gasteiger partial charge in [0.05, 0.1) is 18.9 Å². The van der Waals surface area contributed by atoms with Crippen molar-refractivity contribution in [2.45, 2.75) is 18.1 Å². The summed E-state index contributed by atoms with van der Waals surface area (Å²) in [7, 11) is 0. The van der Waals surface area contributed by atoms with Crippen molar-refractivity contribution in [3.63, 3.8) is 0 Å². The van der Waals surface area contributed by atoms with E-state index in [0.717, 1.165) is 22.0 Å². The fourth-order valence-electron chi connectivity index (χ4n) is 2.27. The molecule has 24 heavy (non-hydrogen) atoms. The number of hydrogen-bond donors (Lipinski definition) is 1. The lowest BCUT2D eigenvalue weighted by Gasteiger charge is -2.08. The first-order valence-electron chi connectivity index (χ1n) is 7.58. The molecular formula is C18H18N4OS. The predicted molar refractivity (Wildman–Crippen MR) is 97.4 cm³/mol. The van der Waals surface area contributed by atoms with E-state index in [1.807, 2.05) is 24.5 Å². The fraction of sp³-hybridized carbons (Fsp3) is 0.167. The molecule has 3 aromatic rings. The van der Waals surface area contributed by atoms with Crippen molar-refractivity contribution < 1.29 is 0 Å². The highest BCUT2D eigenvalue weighted by Gasteiger charge is 2.00. The Kier molecular flexibility index (Phi) is 5.28. The number of nitrogens with one attached hydrogen (secondary N) is 1. The van der Waals surface area contributed by atoms with Gasteiger partial charge in [-0.3, -0.25) is 9.78 Å². The highest BCUT2D eigenvalue weighted by atomic mass is 32.2. The van der Waals surface area contributed by atoms with E-state index in [2.05, 4.69) is 27.4 Å². The minimum atomic E-state index is 0.00972. The second kappa shape index (κ2) is 7.79. The van der Waals surface area contributed by atoms with Gasteiger partial charge in [0.1, 0.15) is 10.8 Å². The molecule has 0 bridgehead atoms. The number of hydrogen-bond acceptors (Lipinski definition) is 5. The van der Waals surface area contributed by atoms with Crippen LogP contribution in [-0.4, -0.2) is 20.8 Å². The minimum Gasteiger partial charge on any atom is -0.365 e. The third-order valence-corrected chi connectivity index (χ3v) is 4.19. The second-order valence-corrected chi connectivity index (χ2v) is 6.11. The molecule has 0 aliphatic rings. The number of benzene rings is 1. The lowest BCUT2D eigenvalue weighted by atomic mass is 10.1. The average Bonchev–Trinajstić information content (AvgIpc) is 2.63. The fourth-order valence-corrected chi connectivity index (χ4v) is 2.63. The first kappa shape index (κ1) is 16.3. The molecule has 0 saturated carbocycles. The molecule has 0 amide bonds. The van der Waals surface area contributed by atoms with Crippen LogP contribution in [0.2, 0.25) is 0 Å². The van der Waals surface area contributed by atoms with Gasteiger partial charge in [-0.2, -0.15) is 0 Å². The summed E-state index contributed by atoms with van der Waals surface area (Å²) in [5, 5.41) is 4.16. The van der Waals surface area contributed by atoms with Crippen LogP contribution in [0.25, 0.3) is 0 Å². The van der Waals surface area contributed by atoms with E-state index in [1.54, 1.807) is 47.1 Å². The van der Waals surface area contributed by atoms with Crippen LogP contribution in [0, 0.1) is 0 Å². The molecule has 2 heterocycles. The largest absolute Gasteiger partial charge is 0.365 e. The van der Waals surface area contributed by atoms with Crippen molar-refractivity contribution in [1.29, 1.82) is 0 Å². The Bertz CT molecular complexity index is 861. The van der Waals surface area contributed by atoms with Crippen LogP contribution in [0.3, 0.4) is 0 Å². The van der Waals surface area contributed by atoms with Gasteiger partial charge in [-0.05, 0) is 23.4 Å². The van der Waals surface area contributed by atoms with E-state index in [0.29, 0.717) is 13.1 Å². The predicted octanol–water partition coefficient (Wildman–Crippen LogP) is 3.02. The van der Waals surface area contributed by atoms with Crippen molar-refractivity contribution >= 4 is 17.6 Å². The van der Waals surface area contributed by atoms with Gasteiger partial charge in [0.2, 0.25) is 0 Å². The molecule has 5 nitrogen and oxygen atoms in total. The Hall–Kier alpha value is -2.60. The van der Waals surface area contributed by atoms with Crippen molar-refractivity contribution in [3.8, 4) is 0 Å². The maximum Gasteiger partial charge on any atom is 0.250 e. The van der Waals surface area contributed by atoms with E-state index in [9.17, 15) is 4.79 Å². The molecule has 0 aliphatic heterocycles. The Morgan fingerprint density at radius 3 is 2.62 bits per heavy atom. The van der Waals surface area contributed by atoms with Crippen LogP contribution >= 0.6 is 11.8 Å². The Morgan fingerprint density at radius 2 is 1.88 bits per heavy atom. The van der Waals surface area contributed by atoms with Crippen LogP contribution in [-0.2, 0) is 13.1 Å². The summed E-state index contributed by atoms with van der Waals surface area (Å²) in [4.78, 5) is 20.3. The van der Waals surface area contributed by atoms with E-state index in [-0.39, 0.29) is 5.56 Å². The van der Waals surface area contributed by atoms with Gasteiger partial charge >= 0.3 is 0 Å². The zero-order valence-corrected chi connectivity index (χ0v) is 14.2. The molecule has 0 fully saturated rings. The number of anilines is 1. The van der Waals surface area contributed by atoms with Gasteiger partial charge in [0, 0.05) is 18.8 Å². The number of aromatic nitrogens is 3.